The molecule has 7 rings (SSSR count). The van der Waals surface area contributed by atoms with Crippen LogP contribution in [0.2, 0.25) is 0 Å². The maximum atomic E-state index is 15.1. The van der Waals surface area contributed by atoms with Crippen molar-refractivity contribution >= 4 is 81.2 Å². The summed E-state index contributed by atoms with van der Waals surface area (Å²) in [4.78, 5) is 72.0. The Morgan fingerprint density at radius 3 is 1.30 bits per heavy atom. The van der Waals surface area contributed by atoms with E-state index in [1.807, 2.05) is 0 Å². The summed E-state index contributed by atoms with van der Waals surface area (Å²) in [6.07, 6.45) is 1.33. The molecule has 28 nitrogen and oxygen atoms in total. The summed E-state index contributed by atoms with van der Waals surface area (Å²) in [5.74, 6) is -7.26. The van der Waals surface area contributed by atoms with Crippen LogP contribution in [-0.4, -0.2) is 202 Å². The van der Waals surface area contributed by atoms with Crippen LogP contribution in [0.5, 0.6) is 0 Å². The van der Waals surface area contributed by atoms with Crippen molar-refractivity contribution in [2.75, 3.05) is 84.2 Å². The molecule has 0 unspecified atom stereocenters. The SMILES string of the molecule is CC(=O)c1c(F)c(S(=O)(=O)Cl)cn1C.CCOC(=O)N1C[C@@H](CO)[C@@H](N)C1.CCOC(=O)N1C[C@@H](CO)[C@@H](NS(=O)(=O)c2cn(C)c(C(=O)Nc3ccc(F)c(C)c3)c2F)C1.CCOC(=O)N1C[C@@H](CO)[C@@H](NS(=O)(=O)c2cn(C)c(C(C)=O)c2F)C1.[2HH].[2H][2H].[2H][2H].[2H][2H].[2H][2H].[2H][2H].[2H][2H].[2H][2H].[2H][2H].[2H][2H].[2H][2H].[2H][2H].[2H][2H].[2H][2H].[2H][2H].[2H][2H].[2H][2H].[2H][2H].[2H][2H].[2H][2H].[2H][2H].[2H][2H].[2H][2H].[2H][2H].[2H][2H].[2H][2H].[2H][2H].[2H][2H].[2H][2H].[2H][2H].[2H][2H].[2H][2H].[2H][2H].[2H][2H].[2H][2H].[2H][2H].[2H][2H].[2H][2H].[2H][2H].[2H][2H].[2H][2H].[2H][2H].[2H][2H].[2H][2H].[2H][2H].[2H][2H].[2H][2H].[2H][2H]. The first kappa shape index (κ1) is 29.7. The summed E-state index contributed by atoms with van der Waals surface area (Å²) < 4.78 is 622. The predicted molar refractivity (Wildman–Crippen MR) is 403 cm³/mol. The first-order chi connectivity index (χ1) is 87.5. The number of aliphatic hydroxyl groups excluding tert-OH is 3. The zero-order valence-corrected chi connectivity index (χ0v) is 52.0. The minimum atomic E-state index is -4.46. The standard InChI is InChI=1S/C21H26F2N4O6S.C15H22FN3O6S.C8H16N2O3.C7H7ClFNO3S.48H2/c1-4-33-21(30)27-8-13(11-28)16(9-27)25-34(31,32)17-10-26(3)19(18(17)23)20(29)24-14-5-6-15(22)12(2)7-14;1-4-25-15(22)19-5-10(8-20)11(6-19)17-26(23,24)12-7-18(3)14(9(2)21)13(12)16;1-2-13-8(12)10-3-6(5-11)7(9)4-10;1-4(11)7-6(9)5(3-10(7)2)14(8,12)13;;;;;;;;;;;;;;;;;;;;;;;;;;;;;;;;;;;;;;;;;;;;;;;;/h5-7,10,13,16,25,28H,4,8-9,11H2,1-3H3,(H,24,29);7,10-11,17,20H,4-6,8H2,1-3H3;6-7,11H,2-5,9H2,1H3;3H,1-2H3;48*1H/t13-,16-;10-,11-;6-,7-;;;;;;;;;;;;;;;;;;;;;;;;;;;;;;;;;;;;;;;;;;;;;;;;;/m000................................................./s1/i;;;;47*1+1D;1+1. The van der Waals surface area contributed by atoms with Crippen LogP contribution in [0, 0.1) is 47.9 Å². The Bertz CT molecular complexity index is 3700. The number of hydrogen-bond donors (Lipinski definition) is 7. The average molecular weight is 1510 g/mol. The van der Waals surface area contributed by atoms with E-state index in [1.165, 1.54) is 54.9 Å². The fourth-order valence-electron chi connectivity index (χ4n) is 9.32. The molecule has 3 fully saturated rings. The van der Waals surface area contributed by atoms with E-state index in [0.29, 0.717) is 19.7 Å². The molecule has 6 atom stereocenters. The molecule has 0 bridgehead atoms. The van der Waals surface area contributed by atoms with Crippen molar-refractivity contribution in [3.63, 3.8) is 0 Å². The van der Waals surface area contributed by atoms with Crippen LogP contribution in [0.15, 0.2) is 51.5 Å². The highest BCUT2D eigenvalue weighted by Gasteiger charge is 2.42. The second-order valence-corrected chi connectivity index (χ2v) is 25.9. The second-order valence-electron chi connectivity index (χ2n) is 20.0. The van der Waals surface area contributed by atoms with E-state index in [4.69, 9.17) is 175 Å². The summed E-state index contributed by atoms with van der Waals surface area (Å²) in [6, 6.07) is 1.97. The number of rotatable bonds is 17. The first-order valence-electron chi connectivity index (χ1n) is 73.5. The Kier molecular flexibility index (Phi) is 10.6. The fraction of sp³-hybridized carbons (Fsp3) is 0.529. The maximum absolute atomic E-state index is 15.1. The van der Waals surface area contributed by atoms with Gasteiger partial charge in [-0.25, -0.2) is 66.6 Å². The number of ether oxygens (including phenoxy) is 3. The number of likely N-dealkylation sites (tertiary alicyclic amines) is 3. The van der Waals surface area contributed by atoms with Gasteiger partial charge in [0.05, 0.1) is 19.8 Å². The van der Waals surface area contributed by atoms with E-state index >= 15 is 4.39 Å². The number of carbonyl (C=O) groups is 6. The van der Waals surface area contributed by atoms with Crippen LogP contribution in [0.3, 0.4) is 0 Å². The molecule has 87 heavy (non-hydrogen) atoms. The molecule has 1 aromatic carbocycles. The Morgan fingerprint density at radius 2 is 0.966 bits per heavy atom. The normalized spacial score (nSPS) is 23.6. The summed E-state index contributed by atoms with van der Waals surface area (Å²) in [7, 11) is -3.91. The number of halogens is 5. The predicted octanol–water partition coefficient (Wildman–Crippen LogP) is 14.2. The third-order valence-corrected chi connectivity index (χ3v) is 17.9. The van der Waals surface area contributed by atoms with Gasteiger partial charge in [0.15, 0.2) is 29.0 Å². The van der Waals surface area contributed by atoms with E-state index < -0.39 is 133 Å². The third kappa shape index (κ3) is 18.2. The fourth-order valence-corrected chi connectivity index (χ4v) is 13.1. The molecule has 3 aliphatic rings. The van der Waals surface area contributed by atoms with Gasteiger partial charge < -0.3 is 69.0 Å². The summed E-state index contributed by atoms with van der Waals surface area (Å²) >= 11 is 0. The van der Waals surface area contributed by atoms with Crippen LogP contribution in [0.25, 0.3) is 0 Å². The van der Waals surface area contributed by atoms with Crippen LogP contribution in [0.1, 0.15) is 213 Å². The minimum Gasteiger partial charge on any atom is -0.450 e. The number of benzene rings is 1. The Hall–Kier alpha value is -6.70. The molecule has 4 amide bonds. The Balaban J connectivity index is -0.0000000267. The highest BCUT2D eigenvalue weighted by Crippen LogP contribution is 2.28. The summed E-state index contributed by atoms with van der Waals surface area (Å²) in [5, 5.41) is 30.4. The Morgan fingerprint density at radius 1 is 0.609 bits per heavy atom. The maximum Gasteiger partial charge on any atom is 0.409 e. The lowest BCUT2D eigenvalue weighted by Gasteiger charge is -2.17. The highest BCUT2D eigenvalue weighted by atomic mass is 35.7. The van der Waals surface area contributed by atoms with Gasteiger partial charge >= 0.3 is 18.3 Å². The van der Waals surface area contributed by atoms with Crippen molar-refractivity contribution < 1.29 is 242 Å². The lowest BCUT2D eigenvalue weighted by atomic mass is 10.1. The number of carbonyl (C=O) groups excluding carboxylic acids is 6. The van der Waals surface area contributed by atoms with Gasteiger partial charge in [0.25, 0.3) is 15.0 Å². The number of aryl methyl sites for hydroxylation is 4. The highest BCUT2D eigenvalue weighted by molar-refractivity contribution is 8.13. The number of aromatic nitrogens is 3. The van der Waals surface area contributed by atoms with Gasteiger partial charge in [0, 0.05) is 306 Å². The number of nitrogens with zero attached hydrogens (tertiary/aromatic N) is 6. The monoisotopic (exact) mass is 1510 g/mol. The number of nitrogens with two attached hydrogens (primary N) is 1. The van der Waals surface area contributed by atoms with Crippen molar-refractivity contribution in [3.05, 3.63) is 82.7 Å². The lowest BCUT2D eigenvalue weighted by Crippen LogP contribution is -2.42. The van der Waals surface area contributed by atoms with E-state index in [1.54, 1.807) is 20.8 Å². The van der Waals surface area contributed by atoms with Crippen LogP contribution >= 0.6 is 10.7 Å². The molecule has 0 aliphatic carbocycles. The first-order valence-corrected chi connectivity index (χ1v) is 31.8. The second kappa shape index (κ2) is 31.0. The summed E-state index contributed by atoms with van der Waals surface area (Å²) in [5.41, 5.74) is 5.00. The van der Waals surface area contributed by atoms with Crippen LogP contribution < -0.4 is 20.5 Å². The van der Waals surface area contributed by atoms with Crippen LogP contribution in [0.4, 0.5) is 37.6 Å². The molecule has 8 N–H and O–H groups in total. The van der Waals surface area contributed by atoms with Crippen molar-refractivity contribution in [1.82, 2.24) is 37.8 Å². The number of sulfonamides is 2. The molecule has 0 spiro atoms. The van der Waals surface area contributed by atoms with Gasteiger partial charge in [-0.3, -0.25) is 14.4 Å². The quantitative estimate of drug-likeness (QED) is 0.0223. The molecule has 3 saturated heterocycles. The number of anilines is 1. The van der Waals surface area contributed by atoms with E-state index in [-0.39, 0.29) is 94.7 Å². The number of amides is 4. The lowest BCUT2D eigenvalue weighted by molar-refractivity contribution is 0.0992. The van der Waals surface area contributed by atoms with Gasteiger partial charge in [-0.05, 0) is 51.5 Å². The molecule has 4 aromatic rings. The van der Waals surface area contributed by atoms with Crippen molar-refractivity contribution in [1.29, 1.82) is 0 Å². The van der Waals surface area contributed by atoms with Gasteiger partial charge in [0.2, 0.25) is 20.0 Å². The van der Waals surface area contributed by atoms with Gasteiger partial charge in [-0.15, -0.1) is 0 Å². The van der Waals surface area contributed by atoms with E-state index in [9.17, 15) is 77.4 Å². The van der Waals surface area contributed by atoms with E-state index in [2.05, 4.69) is 14.8 Å². The molecule has 6 heterocycles. The van der Waals surface area contributed by atoms with Crippen molar-refractivity contribution in [2.24, 2.45) is 44.6 Å². The van der Waals surface area contributed by atoms with Gasteiger partial charge in [-0.2, -0.15) is 0 Å². The molecule has 582 valence electrons. The average Bonchev–Trinajstić information content (AvgIpc) is 1.63. The molecule has 0 radical (unpaired) electrons. The zero-order valence-electron chi connectivity index (χ0n) is 143. The number of aliphatic hydroxyl groups is 3. The van der Waals surface area contributed by atoms with Gasteiger partial charge in [0.1, 0.15) is 37.6 Å². The smallest absolute Gasteiger partial charge is 0.409 e. The van der Waals surface area contributed by atoms with Crippen LogP contribution in [-0.2, 0) is 64.5 Å². The van der Waals surface area contributed by atoms with E-state index in [0.717, 1.165) is 52.2 Å². The molecule has 3 aliphatic heterocycles. The minimum absolute atomic E-state index is 0. The Labute approximate surface area is 650 Å². The molecule has 36 heteroatoms. The molecular weight excluding hydrogens is 1250 g/mol. The largest absolute Gasteiger partial charge is 0.450 e. The number of nitrogens with one attached hydrogen (secondary N) is 3. The topological polar surface area (TPSA) is 380 Å². The number of hydrogen-bond acceptors (Lipinski definition) is 19. The number of Topliss-reactive ketones (excluding diaryl/α,β-unsaturated/α-hetero) is 2. The molecule has 3 aromatic heterocycles. The summed E-state index contributed by atoms with van der Waals surface area (Å²) in [6.45, 7) is 9.77. The molecule has 0 saturated carbocycles. The zero-order chi connectivity index (χ0) is 160. The van der Waals surface area contributed by atoms with Crippen molar-refractivity contribution in [2.45, 2.75) is 74.4 Å². The number of ketones is 2. The molecular formula is C51H167ClF4N10O18S3. The van der Waals surface area contributed by atoms with Crippen molar-refractivity contribution in [3.8, 4) is 0 Å². The third-order valence-electron chi connectivity index (χ3n) is 13.7. The van der Waals surface area contributed by atoms with Gasteiger partial charge in [-0.1, -0.05) is 0 Å².